The van der Waals surface area contributed by atoms with Gasteiger partial charge in [-0.05, 0) is 25.3 Å². The first-order valence-corrected chi connectivity index (χ1v) is 3.97. The Morgan fingerprint density at radius 3 is 3.18 bits per heavy atom. The molecule has 2 heterocycles. The Bertz CT molecular complexity index is 273. The van der Waals surface area contributed by atoms with Crippen LogP contribution in [0.4, 0.5) is 5.69 Å². The molecule has 1 aliphatic rings. The number of aromatic nitrogens is 1. The molecule has 0 saturated heterocycles. The monoisotopic (exact) mass is 148 g/mol. The summed E-state index contributed by atoms with van der Waals surface area (Å²) in [5.74, 6) is 0. The van der Waals surface area contributed by atoms with Gasteiger partial charge in [-0.15, -0.1) is 0 Å². The van der Waals surface area contributed by atoms with Crippen molar-refractivity contribution in [3.05, 3.63) is 30.2 Å². The molecule has 0 amide bonds. The smallest absolute Gasteiger partial charge is 0.0592 e. The third kappa shape index (κ3) is 1.16. The molecule has 0 aromatic carbocycles. The summed E-state index contributed by atoms with van der Waals surface area (Å²) in [5.41, 5.74) is 3.64. The van der Waals surface area contributed by atoms with Gasteiger partial charge in [0.25, 0.3) is 0 Å². The van der Waals surface area contributed by atoms with E-state index in [1.165, 1.54) is 17.8 Å². The largest absolute Gasteiger partial charge is 0.363 e. The number of aryl methyl sites for hydroxylation is 1. The van der Waals surface area contributed by atoms with Gasteiger partial charge in [0.2, 0.25) is 0 Å². The summed E-state index contributed by atoms with van der Waals surface area (Å²) < 4.78 is 0. The molecule has 0 saturated carbocycles. The van der Waals surface area contributed by atoms with Crippen molar-refractivity contribution in [1.82, 2.24) is 4.98 Å². The van der Waals surface area contributed by atoms with Crippen molar-refractivity contribution in [1.29, 1.82) is 0 Å². The topological polar surface area (TPSA) is 27.8 Å². The van der Waals surface area contributed by atoms with Crippen molar-refractivity contribution < 1.29 is 0 Å². The normalized spacial score (nSPS) is 16.9. The molecule has 2 heteroatoms. The molecule has 11 heavy (non-hydrogen) atoms. The number of nitrogens with one attached hydrogen (secondary N) is 2. The minimum atomic E-state index is 1.09. The maximum Gasteiger partial charge on any atom is 0.0592 e. The molecule has 2 N–H and O–H groups in total. The van der Waals surface area contributed by atoms with Gasteiger partial charge in [0.05, 0.1) is 5.69 Å². The number of hydrogen-bond donors (Lipinski definition) is 2. The number of aromatic amines is 1. The van der Waals surface area contributed by atoms with Crippen LogP contribution < -0.4 is 5.32 Å². The SMILES string of the molecule is C=C1CCCc2[nH]ccc2N1. The highest BCUT2D eigenvalue weighted by atomic mass is 14.9. The predicted molar refractivity (Wildman–Crippen MR) is 46.5 cm³/mol. The highest BCUT2D eigenvalue weighted by Gasteiger charge is 2.08. The quantitative estimate of drug-likeness (QED) is 0.580. The van der Waals surface area contributed by atoms with E-state index in [9.17, 15) is 0 Å². The molecule has 1 aliphatic heterocycles. The lowest BCUT2D eigenvalue weighted by atomic mass is 10.2. The third-order valence-electron chi connectivity index (χ3n) is 2.05. The second-order valence-corrected chi connectivity index (χ2v) is 2.95. The van der Waals surface area contributed by atoms with Gasteiger partial charge in [0.15, 0.2) is 0 Å². The third-order valence-corrected chi connectivity index (χ3v) is 2.05. The fourth-order valence-corrected chi connectivity index (χ4v) is 1.46. The number of anilines is 1. The fourth-order valence-electron chi connectivity index (χ4n) is 1.46. The zero-order chi connectivity index (χ0) is 7.68. The number of H-pyrrole nitrogens is 1. The summed E-state index contributed by atoms with van der Waals surface area (Å²) >= 11 is 0. The number of allylic oxidation sites excluding steroid dienone is 1. The number of fused-ring (bicyclic) bond motifs is 1. The fraction of sp³-hybridized carbons (Fsp3) is 0.333. The van der Waals surface area contributed by atoms with Gasteiger partial charge < -0.3 is 10.3 Å². The summed E-state index contributed by atoms with van der Waals surface area (Å²) in [6.07, 6.45) is 5.38. The van der Waals surface area contributed by atoms with Crippen LogP contribution in [0.5, 0.6) is 0 Å². The molecule has 0 bridgehead atoms. The average molecular weight is 148 g/mol. The van der Waals surface area contributed by atoms with Crippen molar-refractivity contribution >= 4 is 5.69 Å². The Kier molecular flexibility index (Phi) is 1.46. The van der Waals surface area contributed by atoms with Crippen LogP contribution in [0.25, 0.3) is 0 Å². The van der Waals surface area contributed by atoms with Gasteiger partial charge in [-0.3, -0.25) is 0 Å². The van der Waals surface area contributed by atoms with E-state index < -0.39 is 0 Å². The van der Waals surface area contributed by atoms with E-state index in [1.807, 2.05) is 6.20 Å². The predicted octanol–water partition coefficient (Wildman–Crippen LogP) is 2.28. The first-order valence-electron chi connectivity index (χ1n) is 3.97. The summed E-state index contributed by atoms with van der Waals surface area (Å²) in [6, 6.07) is 2.06. The number of hydrogen-bond acceptors (Lipinski definition) is 1. The molecule has 0 radical (unpaired) electrons. The Morgan fingerprint density at radius 2 is 2.27 bits per heavy atom. The second kappa shape index (κ2) is 2.46. The highest BCUT2D eigenvalue weighted by molar-refractivity contribution is 5.53. The second-order valence-electron chi connectivity index (χ2n) is 2.95. The zero-order valence-corrected chi connectivity index (χ0v) is 6.48. The first kappa shape index (κ1) is 6.53. The van der Waals surface area contributed by atoms with Crippen LogP contribution in [0, 0.1) is 0 Å². The highest BCUT2D eigenvalue weighted by Crippen LogP contribution is 2.23. The molecule has 58 valence electrons. The van der Waals surface area contributed by atoms with Crippen LogP contribution in [-0.2, 0) is 6.42 Å². The van der Waals surface area contributed by atoms with Crippen LogP contribution in [0.3, 0.4) is 0 Å². The van der Waals surface area contributed by atoms with E-state index in [0.717, 1.165) is 18.5 Å². The molecule has 0 fully saturated rings. The number of rotatable bonds is 0. The summed E-state index contributed by atoms with van der Waals surface area (Å²) in [4.78, 5) is 3.21. The average Bonchev–Trinajstić information content (AvgIpc) is 2.31. The Balaban J connectivity index is 2.32. The van der Waals surface area contributed by atoms with Crippen LogP contribution in [0.2, 0.25) is 0 Å². The summed E-state index contributed by atoms with van der Waals surface area (Å²) in [6.45, 7) is 3.93. The molecule has 2 rings (SSSR count). The molecular formula is C9H12N2. The summed E-state index contributed by atoms with van der Waals surface area (Å²) in [7, 11) is 0. The van der Waals surface area contributed by atoms with Gasteiger partial charge in [0.1, 0.15) is 0 Å². The molecule has 2 nitrogen and oxygen atoms in total. The molecule has 1 aromatic heterocycles. The lowest BCUT2D eigenvalue weighted by Crippen LogP contribution is -1.94. The van der Waals surface area contributed by atoms with Crippen molar-refractivity contribution in [2.45, 2.75) is 19.3 Å². The van der Waals surface area contributed by atoms with E-state index in [1.54, 1.807) is 0 Å². The van der Waals surface area contributed by atoms with Crippen molar-refractivity contribution in [2.75, 3.05) is 5.32 Å². The van der Waals surface area contributed by atoms with Crippen LogP contribution in [0.15, 0.2) is 24.5 Å². The van der Waals surface area contributed by atoms with Crippen molar-refractivity contribution in [3.63, 3.8) is 0 Å². The lowest BCUT2D eigenvalue weighted by Gasteiger charge is -2.02. The van der Waals surface area contributed by atoms with E-state index in [-0.39, 0.29) is 0 Å². The van der Waals surface area contributed by atoms with Gasteiger partial charge in [-0.2, -0.15) is 0 Å². The van der Waals surface area contributed by atoms with Crippen molar-refractivity contribution in [3.8, 4) is 0 Å². The Morgan fingerprint density at radius 1 is 1.36 bits per heavy atom. The minimum absolute atomic E-state index is 1.09. The van der Waals surface area contributed by atoms with Gasteiger partial charge >= 0.3 is 0 Å². The van der Waals surface area contributed by atoms with Gasteiger partial charge in [-0.25, -0.2) is 0 Å². The standard InChI is InChI=1S/C9H12N2/c1-7-3-2-4-8-9(11-7)5-6-10-8/h5-6,10-11H,1-4H2. The van der Waals surface area contributed by atoms with Gasteiger partial charge in [-0.1, -0.05) is 6.58 Å². The minimum Gasteiger partial charge on any atom is -0.363 e. The van der Waals surface area contributed by atoms with Crippen molar-refractivity contribution in [2.24, 2.45) is 0 Å². The molecular weight excluding hydrogens is 136 g/mol. The molecule has 0 aliphatic carbocycles. The van der Waals surface area contributed by atoms with E-state index in [0.29, 0.717) is 0 Å². The zero-order valence-electron chi connectivity index (χ0n) is 6.48. The summed E-state index contributed by atoms with van der Waals surface area (Å²) in [5, 5.41) is 3.28. The maximum absolute atomic E-state index is 3.93. The lowest BCUT2D eigenvalue weighted by molar-refractivity contribution is 0.820. The molecule has 0 spiro atoms. The van der Waals surface area contributed by atoms with E-state index in [4.69, 9.17) is 0 Å². The van der Waals surface area contributed by atoms with Crippen LogP contribution in [-0.4, -0.2) is 4.98 Å². The van der Waals surface area contributed by atoms with Crippen LogP contribution >= 0.6 is 0 Å². The van der Waals surface area contributed by atoms with Crippen LogP contribution in [0.1, 0.15) is 18.5 Å². The first-order chi connectivity index (χ1) is 5.36. The molecule has 1 aromatic rings. The van der Waals surface area contributed by atoms with E-state index in [2.05, 4.69) is 22.9 Å². The Labute approximate surface area is 66.3 Å². The molecule has 0 unspecified atom stereocenters. The van der Waals surface area contributed by atoms with E-state index >= 15 is 0 Å². The molecule has 0 atom stereocenters. The maximum atomic E-state index is 3.93. The van der Waals surface area contributed by atoms with Gasteiger partial charge in [0, 0.05) is 17.6 Å². The Hall–Kier alpha value is -1.18.